The highest BCUT2D eigenvalue weighted by Gasteiger charge is 2.86. The Bertz CT molecular complexity index is 892. The van der Waals surface area contributed by atoms with Crippen LogP contribution in [0, 0.1) is 10.8 Å². The Morgan fingerprint density at radius 1 is 0.692 bits per heavy atom. The van der Waals surface area contributed by atoms with Crippen molar-refractivity contribution in [2.75, 3.05) is 13.2 Å². The predicted octanol–water partition coefficient (Wildman–Crippen LogP) is 4.73. The fourth-order valence-electron chi connectivity index (χ4n) is 6.13. The number of ether oxygens (including phenoxy) is 2. The first kappa shape index (κ1) is 15.0. The summed E-state index contributed by atoms with van der Waals surface area (Å²) in [7, 11) is 0. The van der Waals surface area contributed by atoms with Gasteiger partial charge >= 0.3 is 0 Å². The van der Waals surface area contributed by atoms with Gasteiger partial charge in [0.05, 0.1) is 36.3 Å². The largest absolute Gasteiger partial charge is 0.379 e. The van der Waals surface area contributed by atoms with Crippen molar-refractivity contribution >= 4 is 11.1 Å². The molecule has 130 valence electrons. The minimum atomic E-state index is 0.0329. The highest BCUT2D eigenvalue weighted by Crippen LogP contribution is 2.79. The van der Waals surface area contributed by atoms with Crippen molar-refractivity contribution in [2.45, 2.75) is 26.1 Å². The number of benzene rings is 2. The summed E-state index contributed by atoms with van der Waals surface area (Å²) < 4.78 is 12.3. The molecule has 2 aromatic carbocycles. The first-order valence-corrected chi connectivity index (χ1v) is 9.49. The van der Waals surface area contributed by atoms with Crippen LogP contribution in [0.5, 0.6) is 0 Å². The SMILES string of the molecule is CC1=C(c2ccccc2)C(c2ccccc2)=C(C)C23COCC12C1OC13. The van der Waals surface area contributed by atoms with E-state index in [0.29, 0.717) is 12.2 Å². The zero-order valence-electron chi connectivity index (χ0n) is 15.2. The quantitative estimate of drug-likeness (QED) is 0.736. The maximum atomic E-state index is 6.18. The van der Waals surface area contributed by atoms with Gasteiger partial charge in [0.25, 0.3) is 0 Å². The smallest absolute Gasteiger partial charge is 0.0978 e. The van der Waals surface area contributed by atoms with Crippen molar-refractivity contribution in [3.05, 3.63) is 82.9 Å². The molecule has 6 rings (SSSR count). The Kier molecular flexibility index (Phi) is 2.74. The Morgan fingerprint density at radius 2 is 1.12 bits per heavy atom. The molecule has 0 amide bonds. The van der Waals surface area contributed by atoms with E-state index < -0.39 is 0 Å². The minimum Gasteiger partial charge on any atom is -0.379 e. The summed E-state index contributed by atoms with van der Waals surface area (Å²) in [6.07, 6.45) is 0.687. The molecule has 2 nitrogen and oxygen atoms in total. The Hall–Kier alpha value is -2.16. The fourth-order valence-corrected chi connectivity index (χ4v) is 6.13. The molecule has 26 heavy (non-hydrogen) atoms. The van der Waals surface area contributed by atoms with E-state index >= 15 is 0 Å². The van der Waals surface area contributed by atoms with Gasteiger partial charge in [0, 0.05) is 0 Å². The third-order valence-electron chi connectivity index (χ3n) is 7.38. The monoisotopic (exact) mass is 342 g/mol. The second kappa shape index (κ2) is 4.76. The molecule has 4 aliphatic rings. The van der Waals surface area contributed by atoms with E-state index in [1.165, 1.54) is 33.4 Å². The molecule has 0 radical (unpaired) electrons. The van der Waals surface area contributed by atoms with Gasteiger partial charge in [0.1, 0.15) is 0 Å². The summed E-state index contributed by atoms with van der Waals surface area (Å²) in [5, 5.41) is 0. The molecule has 0 N–H and O–H groups in total. The maximum absolute atomic E-state index is 6.18. The molecule has 1 saturated carbocycles. The number of epoxide rings is 1. The van der Waals surface area contributed by atoms with Crippen LogP contribution in [0.1, 0.15) is 25.0 Å². The third kappa shape index (κ3) is 1.45. The molecule has 2 heteroatoms. The van der Waals surface area contributed by atoms with Crippen molar-refractivity contribution in [1.82, 2.24) is 0 Å². The van der Waals surface area contributed by atoms with Crippen LogP contribution < -0.4 is 0 Å². The summed E-state index contributed by atoms with van der Waals surface area (Å²) in [5.41, 5.74) is 8.31. The summed E-state index contributed by atoms with van der Waals surface area (Å²) >= 11 is 0. The van der Waals surface area contributed by atoms with Crippen LogP contribution in [0.15, 0.2) is 71.8 Å². The fraction of sp³-hybridized carbons (Fsp3) is 0.333. The van der Waals surface area contributed by atoms with E-state index in [-0.39, 0.29) is 10.8 Å². The molecular weight excluding hydrogens is 320 g/mol. The first-order chi connectivity index (χ1) is 12.7. The molecule has 0 aromatic heterocycles. The zero-order valence-corrected chi connectivity index (χ0v) is 15.2. The topological polar surface area (TPSA) is 21.8 Å². The lowest BCUT2D eigenvalue weighted by atomic mass is 9.42. The molecule has 2 heterocycles. The number of allylic oxidation sites excluding steroid dienone is 2. The second-order valence-corrected chi connectivity index (χ2v) is 8.14. The average molecular weight is 342 g/mol. The summed E-state index contributed by atoms with van der Waals surface area (Å²) in [6, 6.07) is 21.7. The molecule has 4 atom stereocenters. The van der Waals surface area contributed by atoms with Crippen LogP contribution in [-0.4, -0.2) is 25.4 Å². The number of rotatable bonds is 2. The second-order valence-electron chi connectivity index (χ2n) is 8.14. The zero-order chi connectivity index (χ0) is 17.5. The van der Waals surface area contributed by atoms with Crippen LogP contribution >= 0.6 is 0 Å². The molecule has 0 bridgehead atoms. The molecule has 2 aliphatic heterocycles. The van der Waals surface area contributed by atoms with E-state index in [2.05, 4.69) is 74.5 Å². The van der Waals surface area contributed by atoms with Gasteiger partial charge in [-0.3, -0.25) is 0 Å². The molecule has 2 saturated heterocycles. The normalized spacial score (nSPS) is 37.0. The van der Waals surface area contributed by atoms with Crippen molar-refractivity contribution in [1.29, 1.82) is 0 Å². The van der Waals surface area contributed by atoms with Gasteiger partial charge in [0.2, 0.25) is 0 Å². The summed E-state index contributed by atoms with van der Waals surface area (Å²) in [5.74, 6) is 0. The van der Waals surface area contributed by atoms with Crippen molar-refractivity contribution in [3.63, 3.8) is 0 Å². The minimum absolute atomic E-state index is 0.0329. The lowest BCUT2D eigenvalue weighted by Crippen LogP contribution is -2.61. The number of hydrogen-bond acceptors (Lipinski definition) is 2. The van der Waals surface area contributed by atoms with E-state index in [0.717, 1.165) is 13.2 Å². The van der Waals surface area contributed by atoms with E-state index in [9.17, 15) is 0 Å². The Labute approximate surface area is 154 Å². The molecule has 4 unspecified atom stereocenters. The predicted molar refractivity (Wildman–Crippen MR) is 102 cm³/mol. The molecular formula is C24H22O2. The third-order valence-corrected chi connectivity index (χ3v) is 7.38. The van der Waals surface area contributed by atoms with Crippen LogP contribution in [0.4, 0.5) is 0 Å². The highest BCUT2D eigenvalue weighted by molar-refractivity contribution is 6.09. The summed E-state index contributed by atoms with van der Waals surface area (Å²) in [4.78, 5) is 0. The molecule has 0 spiro atoms. The van der Waals surface area contributed by atoms with Gasteiger partial charge in [-0.15, -0.1) is 0 Å². The van der Waals surface area contributed by atoms with E-state index in [1.807, 2.05) is 0 Å². The van der Waals surface area contributed by atoms with Crippen LogP contribution in [0.3, 0.4) is 0 Å². The maximum Gasteiger partial charge on any atom is 0.0978 e. The summed E-state index contributed by atoms with van der Waals surface area (Å²) in [6.45, 7) is 6.21. The van der Waals surface area contributed by atoms with Gasteiger partial charge in [-0.1, -0.05) is 71.8 Å². The molecule has 2 aliphatic carbocycles. The van der Waals surface area contributed by atoms with Gasteiger partial charge < -0.3 is 9.47 Å². The lowest BCUT2D eigenvalue weighted by molar-refractivity contribution is 0.0947. The van der Waals surface area contributed by atoms with Crippen LogP contribution in [-0.2, 0) is 9.47 Å². The van der Waals surface area contributed by atoms with E-state index in [1.54, 1.807) is 0 Å². The van der Waals surface area contributed by atoms with Crippen LogP contribution in [0.25, 0.3) is 11.1 Å². The molecule has 3 fully saturated rings. The number of hydrogen-bond donors (Lipinski definition) is 0. The van der Waals surface area contributed by atoms with Crippen molar-refractivity contribution in [3.8, 4) is 0 Å². The average Bonchev–Trinajstić information content (AvgIpc) is 3.34. The van der Waals surface area contributed by atoms with Gasteiger partial charge in [-0.2, -0.15) is 0 Å². The Morgan fingerprint density at radius 3 is 1.54 bits per heavy atom. The number of fused-ring (bicyclic) bond motifs is 1. The van der Waals surface area contributed by atoms with Crippen molar-refractivity contribution < 1.29 is 9.47 Å². The lowest BCUT2D eigenvalue weighted by Gasteiger charge is -2.55. The van der Waals surface area contributed by atoms with Crippen LogP contribution in [0.2, 0.25) is 0 Å². The van der Waals surface area contributed by atoms with Gasteiger partial charge in [0.15, 0.2) is 0 Å². The Balaban J connectivity index is 1.69. The standard InChI is InChI=1S/C24H22O2/c1-15-19(17-9-5-3-6-10-17)20(18-11-7-4-8-12-18)16(2)24-14-25-13-23(15,24)21-22(24)26-21/h3-12,21-22H,13-14H2,1-2H3. The van der Waals surface area contributed by atoms with Gasteiger partial charge in [-0.25, -0.2) is 0 Å². The highest BCUT2D eigenvalue weighted by atomic mass is 16.6. The van der Waals surface area contributed by atoms with Gasteiger partial charge in [-0.05, 0) is 36.1 Å². The molecule has 2 aromatic rings. The van der Waals surface area contributed by atoms with Crippen molar-refractivity contribution in [2.24, 2.45) is 10.8 Å². The first-order valence-electron chi connectivity index (χ1n) is 9.49. The van der Waals surface area contributed by atoms with E-state index in [4.69, 9.17) is 9.47 Å².